The van der Waals surface area contributed by atoms with Gasteiger partial charge in [0.2, 0.25) is 0 Å². The van der Waals surface area contributed by atoms with Crippen LogP contribution in [0.2, 0.25) is 0 Å². The van der Waals surface area contributed by atoms with E-state index in [2.05, 4.69) is 22.2 Å². The maximum Gasteiger partial charge on any atom is 0.118 e. The minimum Gasteiger partial charge on any atom is -0.367 e. The van der Waals surface area contributed by atoms with Crippen LogP contribution in [0, 0.1) is 6.92 Å². The summed E-state index contributed by atoms with van der Waals surface area (Å²) >= 11 is 0. The number of nitrogens with zero attached hydrogens (tertiary/aromatic N) is 3. The summed E-state index contributed by atoms with van der Waals surface area (Å²) in [6, 6.07) is 20.0. The molecule has 0 bridgehead atoms. The van der Waals surface area contributed by atoms with Crippen LogP contribution in [0.1, 0.15) is 5.82 Å². The fourth-order valence-corrected chi connectivity index (χ4v) is 6.23. The quantitative estimate of drug-likeness (QED) is 0.532. The van der Waals surface area contributed by atoms with Crippen LogP contribution in [0.5, 0.6) is 0 Å². The molecule has 0 saturated carbocycles. The minimum atomic E-state index is -2.80. The van der Waals surface area contributed by atoms with E-state index in [4.69, 9.17) is 4.98 Å². The van der Waals surface area contributed by atoms with Crippen LogP contribution in [-0.2, 0) is 9.71 Å². The molecule has 0 radical (unpaired) electrons. The molecule has 1 aromatic heterocycles. The maximum absolute atomic E-state index is 14.2. The zero-order valence-corrected chi connectivity index (χ0v) is 17.3. The van der Waals surface area contributed by atoms with E-state index in [1.54, 1.807) is 0 Å². The predicted molar refractivity (Wildman–Crippen MR) is 122 cm³/mol. The van der Waals surface area contributed by atoms with Crippen molar-refractivity contribution in [3.05, 3.63) is 66.5 Å². The average Bonchev–Trinajstić information content (AvgIpc) is 3.10. The lowest BCUT2D eigenvalue weighted by Gasteiger charge is -2.29. The van der Waals surface area contributed by atoms with Gasteiger partial charge in [-0.15, -0.1) is 0 Å². The molecule has 1 aliphatic heterocycles. The Kier molecular flexibility index (Phi) is 4.33. The lowest BCUT2D eigenvalue weighted by atomic mass is 10.1. The number of aryl methyl sites for hydroxylation is 1. The van der Waals surface area contributed by atoms with Crippen molar-refractivity contribution in [2.45, 2.75) is 11.8 Å². The molecule has 1 unspecified atom stereocenters. The smallest absolute Gasteiger partial charge is 0.118 e. The number of hydrogen-bond acceptors (Lipinski definition) is 4. The molecule has 1 atom stereocenters. The minimum absolute atomic E-state index is 0.718. The van der Waals surface area contributed by atoms with Gasteiger partial charge in [-0.25, -0.2) is 13.2 Å². The third-order valence-electron chi connectivity index (χ3n) is 5.63. The van der Waals surface area contributed by atoms with Gasteiger partial charge in [-0.1, -0.05) is 42.5 Å². The Morgan fingerprint density at radius 3 is 2.55 bits per heavy atom. The van der Waals surface area contributed by atoms with E-state index in [0.29, 0.717) is 0 Å². The van der Waals surface area contributed by atoms with Crippen molar-refractivity contribution >= 4 is 43.1 Å². The zero-order valence-electron chi connectivity index (χ0n) is 16.5. The zero-order chi connectivity index (χ0) is 20.0. The Balaban J connectivity index is 1.73. The Morgan fingerprint density at radius 1 is 1.00 bits per heavy atom. The molecular weight excluding hydrogens is 380 g/mol. The van der Waals surface area contributed by atoms with Gasteiger partial charge in [-0.3, -0.25) is 0 Å². The molecule has 3 aromatic carbocycles. The molecule has 148 valence electrons. The molecule has 5 nitrogen and oxygen atoms in total. The highest BCUT2D eigenvalue weighted by Crippen LogP contribution is 2.32. The van der Waals surface area contributed by atoms with Gasteiger partial charge in [-0.05, 0) is 41.8 Å². The number of para-hydroxylation sites is 1. The van der Waals surface area contributed by atoms with Gasteiger partial charge in [0, 0.05) is 26.2 Å². The first-order chi connectivity index (χ1) is 14.1. The van der Waals surface area contributed by atoms with E-state index in [9.17, 15) is 4.21 Å². The molecule has 1 aliphatic rings. The highest BCUT2D eigenvalue weighted by molar-refractivity contribution is 7.99. The first-order valence-electron chi connectivity index (χ1n) is 9.87. The van der Waals surface area contributed by atoms with Gasteiger partial charge in [0.1, 0.15) is 11.3 Å². The van der Waals surface area contributed by atoms with Crippen molar-refractivity contribution in [3.63, 3.8) is 0 Å². The predicted octanol–water partition coefficient (Wildman–Crippen LogP) is 3.45. The fraction of sp³-hybridized carbons (Fsp3) is 0.217. The first kappa shape index (κ1) is 18.2. The SMILES string of the molecule is C=S(=O)(c1cccc2ccccc12)n1c(C)nc2c(N3CCNCC3)cccc21. The Morgan fingerprint density at radius 2 is 1.72 bits per heavy atom. The van der Waals surface area contributed by atoms with Crippen molar-refractivity contribution in [1.82, 2.24) is 14.3 Å². The third kappa shape index (κ3) is 2.91. The summed E-state index contributed by atoms with van der Waals surface area (Å²) < 4.78 is 16.0. The highest BCUT2D eigenvalue weighted by Gasteiger charge is 2.22. The molecule has 5 rings (SSSR count). The number of imidazole rings is 1. The molecule has 2 heterocycles. The molecule has 29 heavy (non-hydrogen) atoms. The first-order valence-corrected chi connectivity index (χ1v) is 11.5. The number of nitrogens with one attached hydrogen (secondary N) is 1. The normalized spacial score (nSPS) is 16.9. The number of hydrogen-bond donors (Lipinski definition) is 1. The van der Waals surface area contributed by atoms with Crippen LogP contribution in [0.3, 0.4) is 0 Å². The lowest BCUT2D eigenvalue weighted by Crippen LogP contribution is -2.43. The second-order valence-corrected chi connectivity index (χ2v) is 9.54. The number of benzene rings is 3. The van der Waals surface area contributed by atoms with Crippen molar-refractivity contribution in [2.75, 3.05) is 31.1 Å². The number of piperazine rings is 1. The van der Waals surface area contributed by atoms with Crippen molar-refractivity contribution in [2.24, 2.45) is 0 Å². The summed E-state index contributed by atoms with van der Waals surface area (Å²) in [7, 11) is -2.80. The third-order valence-corrected chi connectivity index (χ3v) is 7.72. The molecule has 0 spiro atoms. The van der Waals surface area contributed by atoms with Gasteiger partial charge in [0.05, 0.1) is 25.8 Å². The molecule has 4 aromatic rings. The standard InChI is InChI=1S/C23H24N4OS/c1-17-25-23-20(26-15-13-24-14-16-26)10-6-11-21(23)27(17)29(2,28)22-12-5-8-18-7-3-4-9-19(18)22/h3-12,24H,2,13-16H2,1H3. The van der Waals surface area contributed by atoms with Crippen LogP contribution in [0.4, 0.5) is 5.69 Å². The van der Waals surface area contributed by atoms with Gasteiger partial charge in [0.25, 0.3) is 0 Å². The number of anilines is 1. The molecule has 1 fully saturated rings. The average molecular weight is 405 g/mol. The molecular formula is C23H24N4OS. The van der Waals surface area contributed by atoms with Gasteiger partial charge < -0.3 is 10.2 Å². The van der Waals surface area contributed by atoms with E-state index in [1.165, 1.54) is 0 Å². The molecule has 1 N–H and O–H groups in total. The molecule has 0 aliphatic carbocycles. The highest BCUT2D eigenvalue weighted by atomic mass is 32.2. The largest absolute Gasteiger partial charge is 0.367 e. The van der Waals surface area contributed by atoms with Crippen LogP contribution >= 0.6 is 0 Å². The Hall–Kier alpha value is -2.83. The van der Waals surface area contributed by atoms with E-state index < -0.39 is 9.71 Å². The van der Waals surface area contributed by atoms with Crippen molar-refractivity contribution < 1.29 is 4.21 Å². The van der Waals surface area contributed by atoms with Crippen LogP contribution < -0.4 is 10.2 Å². The summed E-state index contributed by atoms with van der Waals surface area (Å²) in [4.78, 5) is 7.93. The summed E-state index contributed by atoms with van der Waals surface area (Å²) in [5.74, 6) is 4.93. The number of fused-ring (bicyclic) bond motifs is 2. The fourth-order valence-electron chi connectivity index (χ4n) is 4.28. The van der Waals surface area contributed by atoms with E-state index >= 15 is 0 Å². The Labute approximate surface area is 171 Å². The summed E-state index contributed by atoms with van der Waals surface area (Å²) in [6.07, 6.45) is 0. The second-order valence-electron chi connectivity index (χ2n) is 7.45. The Bertz CT molecular complexity index is 1310. The topological polar surface area (TPSA) is 50.2 Å². The summed E-state index contributed by atoms with van der Waals surface area (Å²) in [5.41, 5.74) is 2.86. The van der Waals surface area contributed by atoms with Crippen LogP contribution in [0.15, 0.2) is 65.6 Å². The number of aromatic nitrogens is 2. The monoisotopic (exact) mass is 404 g/mol. The van der Waals surface area contributed by atoms with Crippen LogP contribution in [-0.4, -0.2) is 45.2 Å². The van der Waals surface area contributed by atoms with Crippen molar-refractivity contribution in [3.8, 4) is 0 Å². The van der Waals surface area contributed by atoms with Gasteiger partial charge in [-0.2, -0.15) is 0 Å². The molecule has 0 amide bonds. The van der Waals surface area contributed by atoms with Gasteiger partial charge >= 0.3 is 0 Å². The second kappa shape index (κ2) is 6.90. The summed E-state index contributed by atoms with van der Waals surface area (Å²) in [6.45, 7) is 5.70. The lowest BCUT2D eigenvalue weighted by molar-refractivity contribution is 0.590. The number of rotatable bonds is 3. The van der Waals surface area contributed by atoms with Crippen molar-refractivity contribution in [1.29, 1.82) is 0 Å². The van der Waals surface area contributed by atoms with E-state index in [1.807, 2.05) is 65.5 Å². The van der Waals surface area contributed by atoms with E-state index in [-0.39, 0.29) is 0 Å². The molecule has 1 saturated heterocycles. The maximum atomic E-state index is 14.2. The van der Waals surface area contributed by atoms with Gasteiger partial charge in [0.15, 0.2) is 0 Å². The van der Waals surface area contributed by atoms with Crippen LogP contribution in [0.25, 0.3) is 21.8 Å². The summed E-state index contributed by atoms with van der Waals surface area (Å²) in [5, 5.41) is 5.42. The molecule has 6 heteroatoms. The van der Waals surface area contributed by atoms with E-state index in [0.717, 1.165) is 64.4 Å².